The Morgan fingerprint density at radius 1 is 1.30 bits per heavy atom. The maximum atomic E-state index is 6.03. The number of benzene rings is 1. The molecular weight excluding hydrogens is 248 g/mol. The lowest BCUT2D eigenvalue weighted by Gasteiger charge is -2.27. The van der Waals surface area contributed by atoms with E-state index in [-0.39, 0.29) is 0 Å². The lowest BCUT2D eigenvalue weighted by Crippen LogP contribution is -2.32. The van der Waals surface area contributed by atoms with Gasteiger partial charge in [-0.3, -0.25) is 4.90 Å². The van der Waals surface area contributed by atoms with Crippen molar-refractivity contribution in [3.63, 3.8) is 0 Å². The molecule has 3 heteroatoms. The standard InChI is InChI=1S/C17H28N2O/c1-3-5-14-10-11-19(13-14)17(12-18)15-6-8-16(9-7-15)20-4-2/h6-9,14,17H,3-5,10-13,18H2,1-2H3. The van der Waals surface area contributed by atoms with Crippen molar-refractivity contribution in [1.29, 1.82) is 0 Å². The molecule has 0 spiro atoms. The molecule has 1 aliphatic rings. The van der Waals surface area contributed by atoms with E-state index in [0.29, 0.717) is 19.2 Å². The summed E-state index contributed by atoms with van der Waals surface area (Å²) in [7, 11) is 0. The van der Waals surface area contributed by atoms with Crippen LogP contribution in [0, 0.1) is 5.92 Å². The van der Waals surface area contributed by atoms with Crippen molar-refractivity contribution in [2.24, 2.45) is 11.7 Å². The summed E-state index contributed by atoms with van der Waals surface area (Å²) in [5, 5.41) is 0. The average Bonchev–Trinajstić information content (AvgIpc) is 2.91. The van der Waals surface area contributed by atoms with E-state index in [2.05, 4.69) is 36.1 Å². The molecule has 0 aromatic heterocycles. The van der Waals surface area contributed by atoms with Crippen LogP contribution in [0.2, 0.25) is 0 Å². The van der Waals surface area contributed by atoms with E-state index < -0.39 is 0 Å². The molecule has 1 heterocycles. The summed E-state index contributed by atoms with van der Waals surface area (Å²) in [5.41, 5.74) is 7.34. The summed E-state index contributed by atoms with van der Waals surface area (Å²) < 4.78 is 5.50. The van der Waals surface area contributed by atoms with Crippen molar-refractivity contribution >= 4 is 0 Å². The highest BCUT2D eigenvalue weighted by molar-refractivity contribution is 5.29. The first kappa shape index (κ1) is 15.3. The minimum absolute atomic E-state index is 0.354. The quantitative estimate of drug-likeness (QED) is 0.831. The second-order valence-electron chi connectivity index (χ2n) is 5.69. The molecule has 2 N–H and O–H groups in total. The molecule has 0 aliphatic carbocycles. The van der Waals surface area contributed by atoms with E-state index in [1.54, 1.807) is 0 Å². The minimum atomic E-state index is 0.354. The van der Waals surface area contributed by atoms with Crippen LogP contribution in [-0.4, -0.2) is 31.1 Å². The summed E-state index contributed by atoms with van der Waals surface area (Å²) in [6.07, 6.45) is 3.95. The third-order valence-electron chi connectivity index (χ3n) is 4.25. The van der Waals surface area contributed by atoms with Gasteiger partial charge in [0.1, 0.15) is 5.75 Å². The van der Waals surface area contributed by atoms with Gasteiger partial charge in [-0.25, -0.2) is 0 Å². The highest BCUT2D eigenvalue weighted by Gasteiger charge is 2.27. The van der Waals surface area contributed by atoms with E-state index in [1.165, 1.54) is 37.9 Å². The van der Waals surface area contributed by atoms with Crippen LogP contribution in [0.15, 0.2) is 24.3 Å². The Balaban J connectivity index is 2.01. The van der Waals surface area contributed by atoms with Gasteiger partial charge < -0.3 is 10.5 Å². The third-order valence-corrected chi connectivity index (χ3v) is 4.25. The fraction of sp³-hybridized carbons (Fsp3) is 0.647. The number of likely N-dealkylation sites (tertiary alicyclic amines) is 1. The van der Waals surface area contributed by atoms with Crippen LogP contribution in [0.4, 0.5) is 0 Å². The van der Waals surface area contributed by atoms with Crippen molar-refractivity contribution in [1.82, 2.24) is 4.90 Å². The molecule has 0 saturated carbocycles. The summed E-state index contributed by atoms with van der Waals surface area (Å²) >= 11 is 0. The van der Waals surface area contributed by atoms with Crippen molar-refractivity contribution in [3.05, 3.63) is 29.8 Å². The van der Waals surface area contributed by atoms with Gasteiger partial charge in [0.15, 0.2) is 0 Å². The lowest BCUT2D eigenvalue weighted by molar-refractivity contribution is 0.239. The second kappa shape index (κ2) is 7.65. The summed E-state index contributed by atoms with van der Waals surface area (Å²) in [6, 6.07) is 8.79. The van der Waals surface area contributed by atoms with Crippen molar-refractivity contribution in [2.75, 3.05) is 26.2 Å². The first-order valence-electron chi connectivity index (χ1n) is 7.95. The second-order valence-corrected chi connectivity index (χ2v) is 5.69. The van der Waals surface area contributed by atoms with Crippen LogP contribution in [-0.2, 0) is 0 Å². The highest BCUT2D eigenvalue weighted by Crippen LogP contribution is 2.29. The lowest BCUT2D eigenvalue weighted by atomic mass is 10.0. The summed E-state index contributed by atoms with van der Waals surface area (Å²) in [4.78, 5) is 2.55. The first-order valence-corrected chi connectivity index (χ1v) is 7.95. The Hall–Kier alpha value is -1.06. The largest absolute Gasteiger partial charge is 0.494 e. The fourth-order valence-electron chi connectivity index (χ4n) is 3.24. The Kier molecular flexibility index (Phi) is 5.86. The zero-order valence-corrected chi connectivity index (χ0v) is 12.8. The molecule has 0 radical (unpaired) electrons. The smallest absolute Gasteiger partial charge is 0.119 e. The first-order chi connectivity index (χ1) is 9.78. The van der Waals surface area contributed by atoms with Gasteiger partial charge in [0.25, 0.3) is 0 Å². The van der Waals surface area contributed by atoms with Gasteiger partial charge >= 0.3 is 0 Å². The molecule has 1 aromatic rings. The van der Waals surface area contributed by atoms with Crippen molar-refractivity contribution < 1.29 is 4.74 Å². The monoisotopic (exact) mass is 276 g/mol. The molecular formula is C17H28N2O. The maximum Gasteiger partial charge on any atom is 0.119 e. The van der Waals surface area contributed by atoms with Gasteiger partial charge in [-0.1, -0.05) is 25.5 Å². The maximum absolute atomic E-state index is 6.03. The highest BCUT2D eigenvalue weighted by atomic mass is 16.5. The van der Waals surface area contributed by atoms with Gasteiger partial charge in [-0.2, -0.15) is 0 Å². The zero-order chi connectivity index (χ0) is 14.4. The number of ether oxygens (including phenoxy) is 1. The van der Waals surface area contributed by atoms with E-state index in [1.807, 2.05) is 6.92 Å². The Bertz CT molecular complexity index is 390. The summed E-state index contributed by atoms with van der Waals surface area (Å²) in [5.74, 6) is 1.80. The SMILES string of the molecule is CCCC1CCN(C(CN)c2ccc(OCC)cc2)C1. The molecule has 2 atom stereocenters. The van der Waals surface area contributed by atoms with Gasteiger partial charge in [-0.05, 0) is 49.9 Å². The number of nitrogens with two attached hydrogens (primary N) is 1. The number of rotatable bonds is 7. The molecule has 0 bridgehead atoms. The third kappa shape index (κ3) is 3.74. The molecule has 112 valence electrons. The Labute approximate surface area is 123 Å². The Morgan fingerprint density at radius 3 is 2.65 bits per heavy atom. The topological polar surface area (TPSA) is 38.5 Å². The van der Waals surface area contributed by atoms with Crippen LogP contribution < -0.4 is 10.5 Å². The molecule has 2 unspecified atom stereocenters. The molecule has 20 heavy (non-hydrogen) atoms. The average molecular weight is 276 g/mol. The van der Waals surface area contributed by atoms with Crippen molar-refractivity contribution in [3.8, 4) is 5.75 Å². The van der Waals surface area contributed by atoms with Gasteiger partial charge in [-0.15, -0.1) is 0 Å². The molecule has 1 aliphatic heterocycles. The predicted molar refractivity (Wildman–Crippen MR) is 84.0 cm³/mol. The molecule has 1 fully saturated rings. The van der Waals surface area contributed by atoms with Gasteiger partial charge in [0.2, 0.25) is 0 Å². The van der Waals surface area contributed by atoms with Gasteiger partial charge in [0.05, 0.1) is 6.61 Å². The molecule has 0 amide bonds. The van der Waals surface area contributed by atoms with E-state index >= 15 is 0 Å². The molecule has 2 rings (SSSR count). The van der Waals surface area contributed by atoms with Crippen molar-refractivity contribution in [2.45, 2.75) is 39.2 Å². The van der Waals surface area contributed by atoms with Crippen LogP contribution in [0.3, 0.4) is 0 Å². The number of hydrogen-bond acceptors (Lipinski definition) is 3. The van der Waals surface area contributed by atoms with Gasteiger partial charge in [0, 0.05) is 19.1 Å². The van der Waals surface area contributed by atoms with E-state index in [9.17, 15) is 0 Å². The molecule has 1 saturated heterocycles. The number of nitrogens with zero attached hydrogens (tertiary/aromatic N) is 1. The zero-order valence-electron chi connectivity index (χ0n) is 12.8. The fourth-order valence-corrected chi connectivity index (χ4v) is 3.24. The van der Waals surface area contributed by atoms with Crippen LogP contribution in [0.1, 0.15) is 44.7 Å². The Morgan fingerprint density at radius 2 is 2.05 bits per heavy atom. The number of hydrogen-bond donors (Lipinski definition) is 1. The normalized spacial score (nSPS) is 21.1. The van der Waals surface area contributed by atoms with Crippen LogP contribution in [0.5, 0.6) is 5.75 Å². The predicted octanol–water partition coefficient (Wildman–Crippen LogP) is 3.21. The summed E-state index contributed by atoms with van der Waals surface area (Å²) in [6.45, 7) is 8.06. The van der Waals surface area contributed by atoms with Crippen LogP contribution in [0.25, 0.3) is 0 Å². The van der Waals surface area contributed by atoms with Crippen LogP contribution >= 0.6 is 0 Å². The molecule has 1 aromatic carbocycles. The minimum Gasteiger partial charge on any atom is -0.494 e. The molecule has 3 nitrogen and oxygen atoms in total. The van der Waals surface area contributed by atoms with E-state index in [0.717, 1.165) is 11.7 Å². The van der Waals surface area contributed by atoms with E-state index in [4.69, 9.17) is 10.5 Å².